The molecule has 0 amide bonds. The molecule has 0 bridgehead atoms. The van der Waals surface area contributed by atoms with Crippen LogP contribution in [0.4, 0.5) is 0 Å². The van der Waals surface area contributed by atoms with Crippen molar-refractivity contribution in [1.82, 2.24) is 5.32 Å². The molecule has 1 atom stereocenters. The molecule has 0 heterocycles. The fourth-order valence-electron chi connectivity index (χ4n) is 1.04. The molecule has 78 valence electrons. The van der Waals surface area contributed by atoms with E-state index in [4.69, 9.17) is 4.74 Å². The third-order valence-electron chi connectivity index (χ3n) is 1.97. The maximum Gasteiger partial charge on any atom is 0.0622 e. The van der Waals surface area contributed by atoms with Gasteiger partial charge in [-0.15, -0.1) is 0 Å². The first-order chi connectivity index (χ1) is 6.07. The Balaban J connectivity index is 3.73. The average molecular weight is 185 g/mol. The van der Waals surface area contributed by atoms with Gasteiger partial charge in [0.05, 0.1) is 6.61 Å². The molecule has 0 aromatic carbocycles. The summed E-state index contributed by atoms with van der Waals surface area (Å²) in [4.78, 5) is 0. The van der Waals surface area contributed by atoms with Crippen molar-refractivity contribution in [2.45, 2.75) is 33.7 Å². The molecule has 0 spiro atoms. The van der Waals surface area contributed by atoms with Gasteiger partial charge in [0.15, 0.2) is 0 Å². The minimum absolute atomic E-state index is 0.441. The predicted octanol–water partition coefficient (Wildman–Crippen LogP) is 2.21. The molecule has 1 N–H and O–H groups in total. The van der Waals surface area contributed by atoms with E-state index < -0.39 is 0 Å². The summed E-state index contributed by atoms with van der Waals surface area (Å²) in [6, 6.07) is 0.441. The fraction of sp³-hybridized carbons (Fsp3) is 0.818. The molecule has 0 saturated heterocycles. The molecule has 0 rings (SSSR count). The van der Waals surface area contributed by atoms with Crippen LogP contribution in [0.1, 0.15) is 27.7 Å². The average Bonchev–Trinajstić information content (AvgIpc) is 2.03. The van der Waals surface area contributed by atoms with Crippen molar-refractivity contribution in [2.75, 3.05) is 19.8 Å². The predicted molar refractivity (Wildman–Crippen MR) is 57.9 cm³/mol. The van der Waals surface area contributed by atoms with E-state index in [0.29, 0.717) is 12.0 Å². The van der Waals surface area contributed by atoms with Gasteiger partial charge in [-0.25, -0.2) is 0 Å². The van der Waals surface area contributed by atoms with Gasteiger partial charge >= 0.3 is 0 Å². The number of ether oxygens (including phenoxy) is 1. The maximum absolute atomic E-state index is 5.40. The van der Waals surface area contributed by atoms with E-state index in [-0.39, 0.29) is 0 Å². The first-order valence-corrected chi connectivity index (χ1v) is 5.03. The largest absolute Gasteiger partial charge is 0.380 e. The molecule has 0 radical (unpaired) electrons. The zero-order valence-corrected chi connectivity index (χ0v) is 9.39. The lowest BCUT2D eigenvalue weighted by atomic mass is 10.1. The molecular formula is C11H23NO. The van der Waals surface area contributed by atoms with Crippen molar-refractivity contribution < 1.29 is 4.74 Å². The summed E-state index contributed by atoms with van der Waals surface area (Å²) in [6.07, 6.45) is 0. The second kappa shape index (κ2) is 7.10. The molecule has 2 nitrogen and oxygen atoms in total. The van der Waals surface area contributed by atoms with Crippen LogP contribution in [0.2, 0.25) is 0 Å². The van der Waals surface area contributed by atoms with Gasteiger partial charge in [-0.1, -0.05) is 26.0 Å². The van der Waals surface area contributed by atoms with Crippen LogP contribution in [0.3, 0.4) is 0 Å². The minimum Gasteiger partial charge on any atom is -0.380 e. The molecular weight excluding hydrogens is 162 g/mol. The van der Waals surface area contributed by atoms with Gasteiger partial charge < -0.3 is 10.1 Å². The highest BCUT2D eigenvalue weighted by Gasteiger charge is 2.11. The Kier molecular flexibility index (Phi) is 6.92. The summed E-state index contributed by atoms with van der Waals surface area (Å²) in [6.45, 7) is 14.8. The molecule has 0 aliphatic carbocycles. The monoisotopic (exact) mass is 185 g/mol. The lowest BCUT2D eigenvalue weighted by molar-refractivity contribution is 0.109. The van der Waals surface area contributed by atoms with E-state index in [9.17, 15) is 0 Å². The zero-order valence-electron chi connectivity index (χ0n) is 9.39. The van der Waals surface area contributed by atoms with Gasteiger partial charge in [-0.05, 0) is 19.8 Å². The SMILES string of the molecule is C=C(C)CNC(COCC)C(C)C. The van der Waals surface area contributed by atoms with E-state index in [0.717, 1.165) is 19.8 Å². The topological polar surface area (TPSA) is 21.3 Å². The summed E-state index contributed by atoms with van der Waals surface area (Å²) in [7, 11) is 0. The Morgan fingerprint density at radius 2 is 2.08 bits per heavy atom. The fourth-order valence-corrected chi connectivity index (χ4v) is 1.04. The minimum atomic E-state index is 0.441. The highest BCUT2D eigenvalue weighted by molar-refractivity contribution is 4.92. The van der Waals surface area contributed by atoms with Crippen LogP contribution in [-0.4, -0.2) is 25.8 Å². The van der Waals surface area contributed by atoms with Crippen LogP contribution >= 0.6 is 0 Å². The van der Waals surface area contributed by atoms with Crippen LogP contribution in [0.15, 0.2) is 12.2 Å². The molecule has 0 fully saturated rings. The van der Waals surface area contributed by atoms with Gasteiger partial charge in [0.25, 0.3) is 0 Å². The van der Waals surface area contributed by atoms with Crippen LogP contribution in [0.5, 0.6) is 0 Å². The molecule has 0 aromatic rings. The van der Waals surface area contributed by atoms with Crippen molar-refractivity contribution in [1.29, 1.82) is 0 Å². The van der Waals surface area contributed by atoms with Crippen LogP contribution < -0.4 is 5.32 Å². The molecule has 0 aromatic heterocycles. The van der Waals surface area contributed by atoms with E-state index in [1.165, 1.54) is 5.57 Å². The van der Waals surface area contributed by atoms with Crippen molar-refractivity contribution in [2.24, 2.45) is 5.92 Å². The maximum atomic E-state index is 5.40. The smallest absolute Gasteiger partial charge is 0.0622 e. The molecule has 0 saturated carbocycles. The van der Waals surface area contributed by atoms with Crippen molar-refractivity contribution in [3.05, 3.63) is 12.2 Å². The van der Waals surface area contributed by atoms with Crippen LogP contribution in [0.25, 0.3) is 0 Å². The third kappa shape index (κ3) is 6.79. The normalized spacial score (nSPS) is 13.3. The van der Waals surface area contributed by atoms with E-state index in [1.807, 2.05) is 13.8 Å². The number of hydrogen-bond donors (Lipinski definition) is 1. The second-order valence-electron chi connectivity index (χ2n) is 3.85. The molecule has 0 aliphatic heterocycles. The van der Waals surface area contributed by atoms with Gasteiger partial charge in [-0.2, -0.15) is 0 Å². The number of nitrogens with one attached hydrogen (secondary N) is 1. The van der Waals surface area contributed by atoms with Gasteiger partial charge in [0, 0.05) is 19.2 Å². The van der Waals surface area contributed by atoms with Gasteiger partial charge in [-0.3, -0.25) is 0 Å². The number of hydrogen-bond acceptors (Lipinski definition) is 2. The standard InChI is InChI=1S/C11H23NO/c1-6-13-8-11(10(4)5)12-7-9(2)3/h10-12H,2,6-8H2,1,3-5H3. The summed E-state index contributed by atoms with van der Waals surface area (Å²) in [5.74, 6) is 0.603. The van der Waals surface area contributed by atoms with E-state index in [1.54, 1.807) is 0 Å². The second-order valence-corrected chi connectivity index (χ2v) is 3.85. The highest BCUT2D eigenvalue weighted by atomic mass is 16.5. The summed E-state index contributed by atoms with van der Waals surface area (Å²) in [5, 5.41) is 3.43. The summed E-state index contributed by atoms with van der Waals surface area (Å²) in [5.41, 5.74) is 1.17. The number of rotatable bonds is 7. The van der Waals surface area contributed by atoms with E-state index >= 15 is 0 Å². The van der Waals surface area contributed by atoms with Crippen molar-refractivity contribution >= 4 is 0 Å². The van der Waals surface area contributed by atoms with Crippen molar-refractivity contribution in [3.8, 4) is 0 Å². The lowest BCUT2D eigenvalue weighted by Gasteiger charge is -2.22. The molecule has 0 aliphatic rings. The Morgan fingerprint density at radius 3 is 2.46 bits per heavy atom. The van der Waals surface area contributed by atoms with Gasteiger partial charge in [0.2, 0.25) is 0 Å². The first kappa shape index (κ1) is 12.7. The van der Waals surface area contributed by atoms with E-state index in [2.05, 4.69) is 25.7 Å². The highest BCUT2D eigenvalue weighted by Crippen LogP contribution is 2.02. The van der Waals surface area contributed by atoms with Crippen molar-refractivity contribution in [3.63, 3.8) is 0 Å². The molecule has 13 heavy (non-hydrogen) atoms. The zero-order chi connectivity index (χ0) is 10.3. The van der Waals surface area contributed by atoms with Gasteiger partial charge in [0.1, 0.15) is 0 Å². The summed E-state index contributed by atoms with van der Waals surface area (Å²) < 4.78 is 5.40. The van der Waals surface area contributed by atoms with Crippen LogP contribution in [-0.2, 0) is 4.74 Å². The molecule has 1 unspecified atom stereocenters. The lowest BCUT2D eigenvalue weighted by Crippen LogP contribution is -2.38. The Bertz CT molecular complexity index is 143. The van der Waals surface area contributed by atoms with Crippen LogP contribution in [0, 0.1) is 5.92 Å². The quantitative estimate of drug-likeness (QED) is 0.614. The first-order valence-electron chi connectivity index (χ1n) is 5.03. The summed E-state index contributed by atoms with van der Waals surface area (Å²) >= 11 is 0. The molecule has 2 heteroatoms. The Morgan fingerprint density at radius 1 is 1.46 bits per heavy atom. The third-order valence-corrected chi connectivity index (χ3v) is 1.97. The Labute approximate surface area is 82.4 Å². The Hall–Kier alpha value is -0.340.